The summed E-state index contributed by atoms with van der Waals surface area (Å²) in [4.78, 5) is 22.6. The summed E-state index contributed by atoms with van der Waals surface area (Å²) in [6, 6.07) is 31.1. The molecular formula is C34H37N3O2. The molecule has 3 aromatic carbocycles. The number of ether oxygens (including phenoxy) is 1. The number of amides is 1. The van der Waals surface area contributed by atoms with Crippen LogP contribution in [0.25, 0.3) is 22.4 Å². The molecule has 1 amide bonds. The molecule has 5 rings (SSSR count). The number of aromatic nitrogens is 1. The van der Waals surface area contributed by atoms with Crippen molar-refractivity contribution in [3.8, 4) is 28.3 Å². The molecule has 1 aliphatic rings. The van der Waals surface area contributed by atoms with E-state index in [1.807, 2.05) is 55.4 Å². The summed E-state index contributed by atoms with van der Waals surface area (Å²) in [5.74, 6) is 0.866. The second kappa shape index (κ2) is 12.2. The first-order valence-corrected chi connectivity index (χ1v) is 13.8. The number of nitrogens with zero attached hydrogens (tertiary/aromatic N) is 3. The summed E-state index contributed by atoms with van der Waals surface area (Å²) in [5.41, 5.74) is 7.32. The summed E-state index contributed by atoms with van der Waals surface area (Å²) < 4.78 is 5.33. The Labute approximate surface area is 232 Å². The Kier molecular flexibility index (Phi) is 8.26. The van der Waals surface area contributed by atoms with Gasteiger partial charge >= 0.3 is 0 Å². The molecule has 0 bridgehead atoms. The topological polar surface area (TPSA) is 45.7 Å². The van der Waals surface area contributed by atoms with Gasteiger partial charge in [-0.05, 0) is 59.9 Å². The number of anilines is 2. The summed E-state index contributed by atoms with van der Waals surface area (Å²) in [6.45, 7) is 0.532. The van der Waals surface area contributed by atoms with Crippen LogP contribution in [0.3, 0.4) is 0 Å². The van der Waals surface area contributed by atoms with Crippen LogP contribution in [0.1, 0.15) is 37.7 Å². The molecule has 200 valence electrons. The van der Waals surface area contributed by atoms with Gasteiger partial charge in [-0.3, -0.25) is 4.79 Å². The molecule has 1 aromatic heterocycles. The summed E-state index contributed by atoms with van der Waals surface area (Å²) in [6.07, 6.45) is 5.40. The van der Waals surface area contributed by atoms with Crippen LogP contribution in [0.2, 0.25) is 0 Å². The van der Waals surface area contributed by atoms with Crippen LogP contribution >= 0.6 is 0 Å². The lowest BCUT2D eigenvalue weighted by Gasteiger charge is -2.30. The fraction of sp³-hybridized carbons (Fsp3) is 0.294. The SMILES string of the molecule is COc1cccc(-c2cccc(N(Cc3ccc(-c4ccc(N(C)C)cc4)cc3)C(=O)C3CCCCC3)c2)n1. The van der Waals surface area contributed by atoms with Crippen molar-refractivity contribution in [2.24, 2.45) is 5.92 Å². The van der Waals surface area contributed by atoms with E-state index in [0.717, 1.165) is 48.2 Å². The number of methoxy groups -OCH3 is 1. The maximum absolute atomic E-state index is 13.9. The van der Waals surface area contributed by atoms with Gasteiger partial charge < -0.3 is 14.5 Å². The number of pyridine rings is 1. The average Bonchev–Trinajstić information content (AvgIpc) is 3.00. The lowest BCUT2D eigenvalue weighted by molar-refractivity contribution is -0.123. The van der Waals surface area contributed by atoms with E-state index >= 15 is 0 Å². The zero-order valence-corrected chi connectivity index (χ0v) is 23.1. The number of carbonyl (C=O) groups excluding carboxylic acids is 1. The maximum Gasteiger partial charge on any atom is 0.230 e. The molecule has 0 saturated heterocycles. The Morgan fingerprint density at radius 2 is 1.46 bits per heavy atom. The fourth-order valence-corrected chi connectivity index (χ4v) is 5.33. The highest BCUT2D eigenvalue weighted by Gasteiger charge is 2.27. The van der Waals surface area contributed by atoms with Crippen molar-refractivity contribution in [3.05, 3.63) is 96.6 Å². The van der Waals surface area contributed by atoms with Gasteiger partial charge in [0.1, 0.15) is 0 Å². The van der Waals surface area contributed by atoms with E-state index in [-0.39, 0.29) is 11.8 Å². The van der Waals surface area contributed by atoms with Crippen LogP contribution in [0.4, 0.5) is 11.4 Å². The van der Waals surface area contributed by atoms with Gasteiger partial charge in [0.25, 0.3) is 0 Å². The summed E-state index contributed by atoms with van der Waals surface area (Å²) in [5, 5.41) is 0. The molecule has 0 unspecified atom stereocenters. The highest BCUT2D eigenvalue weighted by Crippen LogP contribution is 2.31. The first-order chi connectivity index (χ1) is 19.0. The van der Waals surface area contributed by atoms with Crippen molar-refractivity contribution in [1.29, 1.82) is 0 Å². The Bertz CT molecular complexity index is 1390. The number of carbonyl (C=O) groups is 1. The van der Waals surface area contributed by atoms with Crippen LogP contribution in [-0.4, -0.2) is 32.1 Å². The lowest BCUT2D eigenvalue weighted by atomic mass is 9.88. The summed E-state index contributed by atoms with van der Waals surface area (Å²) >= 11 is 0. The molecule has 0 aliphatic heterocycles. The van der Waals surface area contributed by atoms with Gasteiger partial charge in [-0.2, -0.15) is 0 Å². The normalized spacial score (nSPS) is 13.6. The van der Waals surface area contributed by atoms with Gasteiger partial charge in [0.05, 0.1) is 19.3 Å². The van der Waals surface area contributed by atoms with Crippen molar-refractivity contribution in [2.45, 2.75) is 38.6 Å². The molecule has 1 fully saturated rings. The Morgan fingerprint density at radius 3 is 2.13 bits per heavy atom. The highest BCUT2D eigenvalue weighted by molar-refractivity contribution is 5.95. The fourth-order valence-electron chi connectivity index (χ4n) is 5.33. The van der Waals surface area contributed by atoms with Crippen LogP contribution in [0.5, 0.6) is 5.88 Å². The Hall–Kier alpha value is -4.12. The number of hydrogen-bond donors (Lipinski definition) is 0. The zero-order chi connectivity index (χ0) is 27.2. The standard InChI is InChI=1S/C34H37N3O2/c1-36(2)30-21-19-27(20-22-30)26-17-15-25(16-18-26)24-37(34(38)28-9-5-4-6-10-28)31-12-7-11-29(23-31)32-13-8-14-33(35-32)39-3/h7-8,11-23,28H,4-6,9-10,24H2,1-3H3. The molecule has 0 N–H and O–H groups in total. The Balaban J connectivity index is 1.43. The van der Waals surface area contributed by atoms with E-state index < -0.39 is 0 Å². The largest absolute Gasteiger partial charge is 0.481 e. The van der Waals surface area contributed by atoms with Crippen molar-refractivity contribution in [3.63, 3.8) is 0 Å². The minimum Gasteiger partial charge on any atom is -0.481 e. The van der Waals surface area contributed by atoms with Crippen LogP contribution in [-0.2, 0) is 11.3 Å². The number of rotatable bonds is 8. The third-order valence-corrected chi connectivity index (χ3v) is 7.62. The van der Waals surface area contributed by atoms with Gasteiger partial charge in [0.2, 0.25) is 11.8 Å². The molecule has 39 heavy (non-hydrogen) atoms. The zero-order valence-electron chi connectivity index (χ0n) is 23.1. The van der Waals surface area contributed by atoms with E-state index in [0.29, 0.717) is 12.4 Å². The lowest BCUT2D eigenvalue weighted by Crippen LogP contribution is -2.36. The van der Waals surface area contributed by atoms with Gasteiger partial charge in [0.15, 0.2) is 0 Å². The monoisotopic (exact) mass is 519 g/mol. The minimum absolute atomic E-state index is 0.0758. The van der Waals surface area contributed by atoms with E-state index in [2.05, 4.69) is 64.5 Å². The third kappa shape index (κ3) is 6.31. The molecule has 1 aliphatic carbocycles. The molecule has 0 atom stereocenters. The average molecular weight is 520 g/mol. The van der Waals surface area contributed by atoms with Gasteiger partial charge in [-0.1, -0.05) is 73.9 Å². The van der Waals surface area contributed by atoms with Gasteiger partial charge in [-0.15, -0.1) is 0 Å². The van der Waals surface area contributed by atoms with Gasteiger partial charge in [-0.25, -0.2) is 4.98 Å². The quantitative estimate of drug-likeness (QED) is 0.240. The Morgan fingerprint density at radius 1 is 0.795 bits per heavy atom. The second-order valence-electron chi connectivity index (χ2n) is 10.5. The maximum atomic E-state index is 13.9. The molecule has 1 saturated carbocycles. The van der Waals surface area contributed by atoms with E-state index in [4.69, 9.17) is 4.74 Å². The first-order valence-electron chi connectivity index (χ1n) is 13.8. The molecule has 5 nitrogen and oxygen atoms in total. The smallest absolute Gasteiger partial charge is 0.230 e. The van der Waals surface area contributed by atoms with Crippen LogP contribution in [0.15, 0.2) is 91.0 Å². The van der Waals surface area contributed by atoms with Gasteiger partial charge in [0, 0.05) is 43.0 Å². The first kappa shape index (κ1) is 26.5. The van der Waals surface area contributed by atoms with E-state index in [9.17, 15) is 4.79 Å². The third-order valence-electron chi connectivity index (χ3n) is 7.62. The predicted molar refractivity (Wildman–Crippen MR) is 160 cm³/mol. The number of benzene rings is 3. The van der Waals surface area contributed by atoms with Crippen LogP contribution < -0.4 is 14.5 Å². The van der Waals surface area contributed by atoms with Crippen molar-refractivity contribution >= 4 is 17.3 Å². The minimum atomic E-state index is 0.0758. The second-order valence-corrected chi connectivity index (χ2v) is 10.5. The molecule has 0 radical (unpaired) electrons. The summed E-state index contributed by atoms with van der Waals surface area (Å²) in [7, 11) is 5.72. The number of hydrogen-bond acceptors (Lipinski definition) is 4. The molecule has 1 heterocycles. The van der Waals surface area contributed by atoms with E-state index in [1.54, 1.807) is 7.11 Å². The highest BCUT2D eigenvalue weighted by atomic mass is 16.5. The van der Waals surface area contributed by atoms with E-state index in [1.165, 1.54) is 23.2 Å². The molecule has 4 aromatic rings. The van der Waals surface area contributed by atoms with Crippen molar-refractivity contribution in [1.82, 2.24) is 4.98 Å². The molecule has 0 spiro atoms. The van der Waals surface area contributed by atoms with Crippen LogP contribution in [0, 0.1) is 5.92 Å². The predicted octanol–water partition coefficient (Wildman–Crippen LogP) is 7.60. The molecular weight excluding hydrogens is 482 g/mol. The van der Waals surface area contributed by atoms with Crippen molar-refractivity contribution in [2.75, 3.05) is 31.0 Å². The molecule has 5 heteroatoms. The van der Waals surface area contributed by atoms with Crippen molar-refractivity contribution < 1.29 is 9.53 Å².